The molecule has 1 aliphatic carbocycles. The third-order valence-corrected chi connectivity index (χ3v) is 5.92. The Bertz CT molecular complexity index is 978. The number of halogens is 3. The third-order valence-electron chi connectivity index (χ3n) is 5.92. The highest BCUT2D eigenvalue weighted by Crippen LogP contribution is 2.36. The van der Waals surface area contributed by atoms with E-state index in [1.54, 1.807) is 0 Å². The van der Waals surface area contributed by atoms with E-state index in [-0.39, 0.29) is 17.8 Å². The van der Waals surface area contributed by atoms with Crippen LogP contribution in [0.1, 0.15) is 36.0 Å². The number of nitrogens with one attached hydrogen (secondary N) is 3. The van der Waals surface area contributed by atoms with Crippen molar-refractivity contribution in [1.82, 2.24) is 20.2 Å². The molecule has 3 heterocycles. The monoisotopic (exact) mass is 430 g/mol. The number of aromatic nitrogens is 2. The van der Waals surface area contributed by atoms with Gasteiger partial charge in [-0.1, -0.05) is 12.1 Å². The largest absolute Gasteiger partial charge is 0.421 e. The molecule has 3 N–H and O–H groups in total. The van der Waals surface area contributed by atoms with Crippen LogP contribution in [0.15, 0.2) is 36.7 Å². The summed E-state index contributed by atoms with van der Waals surface area (Å²) in [6.45, 7) is 2.91. The zero-order valence-electron chi connectivity index (χ0n) is 17.0. The van der Waals surface area contributed by atoms with Gasteiger partial charge in [0, 0.05) is 43.6 Å². The molecule has 1 unspecified atom stereocenters. The van der Waals surface area contributed by atoms with E-state index in [1.807, 2.05) is 12.3 Å². The smallest absolute Gasteiger partial charge is 0.387 e. The highest BCUT2D eigenvalue weighted by Gasteiger charge is 2.37. The Morgan fingerprint density at radius 1 is 1.19 bits per heavy atom. The molecule has 1 fully saturated rings. The van der Waals surface area contributed by atoms with Gasteiger partial charge in [0.05, 0.1) is 0 Å². The van der Waals surface area contributed by atoms with Crippen molar-refractivity contribution in [2.45, 2.75) is 50.5 Å². The van der Waals surface area contributed by atoms with Gasteiger partial charge in [-0.3, -0.25) is 4.90 Å². The van der Waals surface area contributed by atoms with Crippen molar-refractivity contribution in [3.8, 4) is 0 Å². The van der Waals surface area contributed by atoms with Crippen LogP contribution in [-0.4, -0.2) is 40.0 Å². The van der Waals surface area contributed by atoms with E-state index in [2.05, 4.69) is 49.0 Å². The predicted octanol–water partition coefficient (Wildman–Crippen LogP) is 4.05. The van der Waals surface area contributed by atoms with Crippen LogP contribution in [0.4, 0.5) is 30.6 Å². The van der Waals surface area contributed by atoms with Crippen molar-refractivity contribution in [2.24, 2.45) is 0 Å². The fraction of sp³-hybridized carbons (Fsp3) is 0.455. The van der Waals surface area contributed by atoms with Crippen LogP contribution in [0.25, 0.3) is 0 Å². The molecule has 0 amide bonds. The normalized spacial score (nSPS) is 20.9. The summed E-state index contributed by atoms with van der Waals surface area (Å²) in [7, 11) is 0. The summed E-state index contributed by atoms with van der Waals surface area (Å²) in [5, 5.41) is 9.33. The lowest BCUT2D eigenvalue weighted by Gasteiger charge is -2.31. The Hall–Kier alpha value is -2.81. The maximum atomic E-state index is 13.3. The Balaban J connectivity index is 1.28. The van der Waals surface area contributed by atoms with Gasteiger partial charge in [0.25, 0.3) is 0 Å². The van der Waals surface area contributed by atoms with Crippen molar-refractivity contribution < 1.29 is 13.2 Å². The molecule has 0 bridgehead atoms. The molecular weight excluding hydrogens is 405 g/mol. The topological polar surface area (TPSA) is 65.1 Å². The van der Waals surface area contributed by atoms with Crippen molar-refractivity contribution in [2.75, 3.05) is 23.7 Å². The van der Waals surface area contributed by atoms with E-state index in [0.717, 1.165) is 57.2 Å². The zero-order chi connectivity index (χ0) is 21.4. The second-order valence-electron chi connectivity index (χ2n) is 8.47. The first-order chi connectivity index (χ1) is 14.9. The van der Waals surface area contributed by atoms with Crippen molar-refractivity contribution >= 4 is 17.5 Å². The summed E-state index contributed by atoms with van der Waals surface area (Å²) in [5.74, 6) is 0.00413. The SMILES string of the molecule is FC(F)(F)c1cnc(Nc2ccc3c(c2)CCN(CC2CC=CN2)C3)nc1NC1CC1. The average Bonchev–Trinajstić information content (AvgIpc) is 3.39. The van der Waals surface area contributed by atoms with E-state index in [9.17, 15) is 13.2 Å². The molecule has 1 saturated carbocycles. The number of anilines is 3. The number of benzene rings is 1. The minimum atomic E-state index is -4.49. The fourth-order valence-electron chi connectivity index (χ4n) is 4.10. The van der Waals surface area contributed by atoms with Gasteiger partial charge in [-0.2, -0.15) is 18.2 Å². The number of alkyl halides is 3. The zero-order valence-corrected chi connectivity index (χ0v) is 17.0. The molecular formula is C22H25F3N6. The molecule has 164 valence electrons. The third kappa shape index (κ3) is 4.76. The maximum Gasteiger partial charge on any atom is 0.421 e. The molecule has 5 rings (SSSR count). The summed E-state index contributed by atoms with van der Waals surface area (Å²) in [6, 6.07) is 6.62. The summed E-state index contributed by atoms with van der Waals surface area (Å²) >= 11 is 0. The van der Waals surface area contributed by atoms with Crippen LogP contribution in [-0.2, 0) is 19.1 Å². The molecule has 0 saturated heterocycles. The average molecular weight is 430 g/mol. The van der Waals surface area contributed by atoms with Crippen molar-refractivity contribution in [3.63, 3.8) is 0 Å². The van der Waals surface area contributed by atoms with Crippen LogP contribution in [0.2, 0.25) is 0 Å². The van der Waals surface area contributed by atoms with Crippen LogP contribution in [0.3, 0.4) is 0 Å². The lowest BCUT2D eigenvalue weighted by molar-refractivity contribution is -0.137. The molecule has 2 aromatic rings. The van der Waals surface area contributed by atoms with E-state index in [0.29, 0.717) is 6.04 Å². The summed E-state index contributed by atoms with van der Waals surface area (Å²) in [5.41, 5.74) is 2.49. The second-order valence-corrected chi connectivity index (χ2v) is 8.47. The highest BCUT2D eigenvalue weighted by molar-refractivity contribution is 5.59. The van der Waals surface area contributed by atoms with E-state index < -0.39 is 11.7 Å². The minimum Gasteiger partial charge on any atom is -0.387 e. The molecule has 31 heavy (non-hydrogen) atoms. The Kier molecular flexibility index (Phi) is 5.21. The molecule has 0 radical (unpaired) electrons. The van der Waals surface area contributed by atoms with Crippen LogP contribution >= 0.6 is 0 Å². The lowest BCUT2D eigenvalue weighted by Crippen LogP contribution is -2.39. The number of fused-ring (bicyclic) bond motifs is 1. The maximum absolute atomic E-state index is 13.3. The summed E-state index contributed by atoms with van der Waals surface area (Å²) in [4.78, 5) is 10.5. The van der Waals surface area contributed by atoms with Gasteiger partial charge in [-0.15, -0.1) is 0 Å². The molecule has 0 spiro atoms. The van der Waals surface area contributed by atoms with E-state index in [1.165, 1.54) is 11.1 Å². The molecule has 1 aromatic carbocycles. The van der Waals surface area contributed by atoms with Crippen LogP contribution in [0, 0.1) is 0 Å². The Morgan fingerprint density at radius 2 is 2.06 bits per heavy atom. The quantitative estimate of drug-likeness (QED) is 0.643. The fourth-order valence-corrected chi connectivity index (χ4v) is 4.10. The van der Waals surface area contributed by atoms with Gasteiger partial charge >= 0.3 is 6.18 Å². The summed E-state index contributed by atoms with van der Waals surface area (Å²) in [6.07, 6.45) is 4.27. The summed E-state index contributed by atoms with van der Waals surface area (Å²) < 4.78 is 39.8. The standard InChI is InChI=1S/C22H25F3N6/c23-22(24,25)19-11-27-21(30-20(19)28-16-5-6-16)29-17-4-3-15-12-31(9-7-14(15)10-17)13-18-2-1-8-26-18/h1,3-4,8,10-11,16,18,26H,2,5-7,9,12-13H2,(H2,27,28,29,30). The van der Waals surface area contributed by atoms with Gasteiger partial charge in [0.2, 0.25) is 5.95 Å². The lowest BCUT2D eigenvalue weighted by atomic mass is 9.98. The van der Waals surface area contributed by atoms with Crippen molar-refractivity contribution in [1.29, 1.82) is 0 Å². The minimum absolute atomic E-state index is 0.0609. The van der Waals surface area contributed by atoms with E-state index >= 15 is 0 Å². The highest BCUT2D eigenvalue weighted by atomic mass is 19.4. The van der Waals surface area contributed by atoms with Gasteiger partial charge in [0.1, 0.15) is 11.4 Å². The molecule has 1 aromatic heterocycles. The van der Waals surface area contributed by atoms with Crippen LogP contribution in [0.5, 0.6) is 0 Å². The molecule has 1 atom stereocenters. The molecule has 9 heteroatoms. The molecule has 6 nitrogen and oxygen atoms in total. The van der Waals surface area contributed by atoms with Gasteiger partial charge in [0.15, 0.2) is 0 Å². The number of hydrogen-bond donors (Lipinski definition) is 3. The van der Waals surface area contributed by atoms with Crippen LogP contribution < -0.4 is 16.0 Å². The Morgan fingerprint density at radius 3 is 2.81 bits per heavy atom. The first kappa shape index (κ1) is 20.1. The van der Waals surface area contributed by atoms with Crippen molar-refractivity contribution in [3.05, 3.63) is 53.4 Å². The number of hydrogen-bond acceptors (Lipinski definition) is 6. The number of rotatable bonds is 6. The first-order valence-electron chi connectivity index (χ1n) is 10.7. The van der Waals surface area contributed by atoms with Gasteiger partial charge in [-0.05, 0) is 55.1 Å². The van der Waals surface area contributed by atoms with E-state index in [4.69, 9.17) is 0 Å². The molecule has 2 aliphatic heterocycles. The predicted molar refractivity (Wildman–Crippen MR) is 113 cm³/mol. The van der Waals surface area contributed by atoms with Gasteiger partial charge in [-0.25, -0.2) is 4.98 Å². The Labute approximate surface area is 179 Å². The first-order valence-corrected chi connectivity index (χ1v) is 10.7. The van der Waals surface area contributed by atoms with Gasteiger partial charge < -0.3 is 16.0 Å². The second kappa shape index (κ2) is 8.03. The molecule has 3 aliphatic rings. The number of nitrogens with zero attached hydrogens (tertiary/aromatic N) is 3.